The zero-order chi connectivity index (χ0) is 20.4. The molecule has 0 bridgehead atoms. The number of H-pyrrole nitrogens is 1. The number of hydrogen-bond acceptors (Lipinski definition) is 7. The highest BCUT2D eigenvalue weighted by Crippen LogP contribution is 2.40. The van der Waals surface area contributed by atoms with Crippen LogP contribution in [0.3, 0.4) is 0 Å². The van der Waals surface area contributed by atoms with E-state index in [1.54, 1.807) is 32.1 Å². The van der Waals surface area contributed by atoms with Gasteiger partial charge in [0.1, 0.15) is 0 Å². The first-order valence-corrected chi connectivity index (χ1v) is 9.48. The summed E-state index contributed by atoms with van der Waals surface area (Å²) in [7, 11) is 4.68. The smallest absolute Gasteiger partial charge is 0.328 e. The number of rotatable bonds is 6. The Morgan fingerprint density at radius 1 is 1.14 bits per heavy atom. The van der Waals surface area contributed by atoms with E-state index in [4.69, 9.17) is 23.9 Å². The van der Waals surface area contributed by atoms with Crippen molar-refractivity contribution in [2.24, 2.45) is 5.92 Å². The number of fused-ring (bicyclic) bond motifs is 1. The maximum Gasteiger partial charge on any atom is 0.328 e. The minimum atomic E-state index is -0.200. The van der Waals surface area contributed by atoms with Gasteiger partial charge in [-0.2, -0.15) is 0 Å². The van der Waals surface area contributed by atoms with Gasteiger partial charge >= 0.3 is 5.69 Å². The van der Waals surface area contributed by atoms with E-state index >= 15 is 0 Å². The zero-order valence-electron chi connectivity index (χ0n) is 16.7. The molecular formula is C20H24N4O5. The Morgan fingerprint density at radius 3 is 2.45 bits per heavy atom. The molecular weight excluding hydrogens is 376 g/mol. The molecule has 4 rings (SSSR count). The fraction of sp³-hybridized carbons (Fsp3) is 0.450. The van der Waals surface area contributed by atoms with Crippen LogP contribution >= 0.6 is 0 Å². The van der Waals surface area contributed by atoms with Crippen molar-refractivity contribution in [2.75, 3.05) is 34.5 Å². The highest BCUT2D eigenvalue weighted by Gasteiger charge is 2.20. The number of hydrogen-bond donors (Lipinski definition) is 1. The maximum absolute atomic E-state index is 12.5. The second kappa shape index (κ2) is 8.12. The Labute approximate surface area is 167 Å². The Morgan fingerprint density at radius 2 is 1.83 bits per heavy atom. The van der Waals surface area contributed by atoms with Crippen LogP contribution in [-0.4, -0.2) is 54.1 Å². The van der Waals surface area contributed by atoms with Crippen molar-refractivity contribution in [3.63, 3.8) is 0 Å². The van der Waals surface area contributed by atoms with E-state index in [0.717, 1.165) is 31.6 Å². The number of aromatic amines is 1. The third-order valence-corrected chi connectivity index (χ3v) is 5.22. The molecule has 1 N–H and O–H groups in total. The molecule has 2 aromatic heterocycles. The molecule has 0 spiro atoms. The fourth-order valence-electron chi connectivity index (χ4n) is 3.65. The first kappa shape index (κ1) is 19.3. The van der Waals surface area contributed by atoms with Gasteiger partial charge in [0.2, 0.25) is 5.75 Å². The average molecular weight is 400 g/mol. The van der Waals surface area contributed by atoms with E-state index in [2.05, 4.69) is 9.97 Å². The number of methoxy groups -OCH3 is 3. The highest BCUT2D eigenvalue weighted by molar-refractivity contribution is 5.73. The maximum atomic E-state index is 12.5. The lowest BCUT2D eigenvalue weighted by Crippen LogP contribution is -2.26. The van der Waals surface area contributed by atoms with Crippen LogP contribution in [-0.2, 0) is 11.3 Å². The van der Waals surface area contributed by atoms with Crippen LogP contribution in [0.2, 0.25) is 0 Å². The van der Waals surface area contributed by atoms with Gasteiger partial charge in [-0.15, -0.1) is 0 Å². The SMILES string of the molecule is COc1cc(-c2cnc3[nH]c(=O)n(CC4CCOCC4)c3n2)cc(OC)c1OC. The number of aromatic nitrogens is 4. The molecule has 154 valence electrons. The summed E-state index contributed by atoms with van der Waals surface area (Å²) in [6, 6.07) is 3.62. The fourth-order valence-corrected chi connectivity index (χ4v) is 3.65. The quantitative estimate of drug-likeness (QED) is 0.677. The summed E-state index contributed by atoms with van der Waals surface area (Å²) in [6.45, 7) is 2.05. The normalized spacial score (nSPS) is 14.9. The van der Waals surface area contributed by atoms with E-state index < -0.39 is 0 Å². The number of nitrogens with zero attached hydrogens (tertiary/aromatic N) is 3. The summed E-state index contributed by atoms with van der Waals surface area (Å²) < 4.78 is 23.3. The molecule has 9 heteroatoms. The van der Waals surface area contributed by atoms with E-state index in [1.165, 1.54) is 0 Å². The average Bonchev–Trinajstić information content (AvgIpc) is 3.07. The third kappa shape index (κ3) is 3.65. The third-order valence-electron chi connectivity index (χ3n) is 5.22. The molecule has 0 amide bonds. The Bertz CT molecular complexity index is 1040. The first-order valence-electron chi connectivity index (χ1n) is 9.48. The van der Waals surface area contributed by atoms with Gasteiger partial charge in [0.25, 0.3) is 0 Å². The molecule has 1 fully saturated rings. The topological polar surface area (TPSA) is 100 Å². The van der Waals surface area contributed by atoms with Crippen molar-refractivity contribution in [3.05, 3.63) is 28.8 Å². The van der Waals surface area contributed by atoms with E-state index in [0.29, 0.717) is 46.7 Å². The van der Waals surface area contributed by atoms with Crippen molar-refractivity contribution in [1.82, 2.24) is 19.5 Å². The Hall–Kier alpha value is -3.07. The van der Waals surface area contributed by atoms with E-state index in [9.17, 15) is 4.79 Å². The van der Waals surface area contributed by atoms with Gasteiger partial charge in [0.15, 0.2) is 22.8 Å². The molecule has 0 unspecified atom stereocenters. The number of nitrogens with one attached hydrogen (secondary N) is 1. The van der Waals surface area contributed by atoms with E-state index in [1.807, 2.05) is 12.1 Å². The van der Waals surface area contributed by atoms with Crippen LogP contribution in [0.4, 0.5) is 0 Å². The molecule has 0 aliphatic carbocycles. The summed E-state index contributed by atoms with van der Waals surface area (Å²) in [5.41, 5.74) is 2.16. The Balaban J connectivity index is 1.77. The van der Waals surface area contributed by atoms with Gasteiger partial charge in [0, 0.05) is 25.3 Å². The minimum Gasteiger partial charge on any atom is -0.493 e. The predicted molar refractivity (Wildman–Crippen MR) is 107 cm³/mol. The lowest BCUT2D eigenvalue weighted by atomic mass is 10.0. The van der Waals surface area contributed by atoms with E-state index in [-0.39, 0.29) is 5.69 Å². The summed E-state index contributed by atoms with van der Waals surface area (Å²) >= 11 is 0. The molecule has 0 saturated carbocycles. The van der Waals surface area contributed by atoms with Gasteiger partial charge in [-0.1, -0.05) is 0 Å². The zero-order valence-corrected chi connectivity index (χ0v) is 16.7. The molecule has 9 nitrogen and oxygen atoms in total. The molecule has 0 radical (unpaired) electrons. The summed E-state index contributed by atoms with van der Waals surface area (Å²) in [5, 5.41) is 0. The van der Waals surface area contributed by atoms with Crippen LogP contribution in [0.5, 0.6) is 17.2 Å². The van der Waals surface area contributed by atoms with Crippen LogP contribution in [0.1, 0.15) is 12.8 Å². The van der Waals surface area contributed by atoms with Crippen LogP contribution < -0.4 is 19.9 Å². The second-order valence-electron chi connectivity index (χ2n) is 6.94. The molecule has 1 aromatic carbocycles. The molecule has 0 atom stereocenters. The van der Waals surface area contributed by atoms with Gasteiger partial charge in [0.05, 0.1) is 33.2 Å². The van der Waals surface area contributed by atoms with Crippen LogP contribution in [0.25, 0.3) is 22.6 Å². The van der Waals surface area contributed by atoms with Crippen molar-refractivity contribution >= 4 is 11.3 Å². The number of ether oxygens (including phenoxy) is 4. The first-order chi connectivity index (χ1) is 14.1. The standard InChI is InChI=1S/C20H24N4O5/c1-26-15-8-13(9-16(27-2)17(15)28-3)14-10-21-18-19(22-14)24(20(25)23-18)11-12-4-6-29-7-5-12/h8-10,12H,4-7,11H2,1-3H3,(H,21,23,25). The summed E-state index contributed by atoms with van der Waals surface area (Å²) in [6.07, 6.45) is 3.48. The lowest BCUT2D eigenvalue weighted by Gasteiger charge is -2.21. The highest BCUT2D eigenvalue weighted by atomic mass is 16.5. The molecule has 1 aliphatic heterocycles. The van der Waals surface area contributed by atoms with Gasteiger partial charge < -0.3 is 18.9 Å². The molecule has 1 aliphatic rings. The monoisotopic (exact) mass is 400 g/mol. The summed E-state index contributed by atoms with van der Waals surface area (Å²) in [4.78, 5) is 24.4. The minimum absolute atomic E-state index is 0.200. The van der Waals surface area contributed by atoms with Crippen molar-refractivity contribution in [1.29, 1.82) is 0 Å². The molecule has 3 aromatic rings. The van der Waals surface area contributed by atoms with Crippen molar-refractivity contribution < 1.29 is 18.9 Å². The van der Waals surface area contributed by atoms with Crippen LogP contribution in [0, 0.1) is 5.92 Å². The van der Waals surface area contributed by atoms with Crippen LogP contribution in [0.15, 0.2) is 23.1 Å². The number of imidazole rings is 1. The molecule has 29 heavy (non-hydrogen) atoms. The van der Waals surface area contributed by atoms with Gasteiger partial charge in [-0.3, -0.25) is 9.55 Å². The van der Waals surface area contributed by atoms with Crippen molar-refractivity contribution in [2.45, 2.75) is 19.4 Å². The number of benzene rings is 1. The largest absolute Gasteiger partial charge is 0.493 e. The van der Waals surface area contributed by atoms with Crippen molar-refractivity contribution in [3.8, 4) is 28.5 Å². The van der Waals surface area contributed by atoms with Gasteiger partial charge in [-0.05, 0) is 30.9 Å². The molecule has 3 heterocycles. The Kier molecular flexibility index (Phi) is 5.39. The predicted octanol–water partition coefficient (Wildman–Crippen LogP) is 2.24. The molecule has 1 saturated heterocycles. The summed E-state index contributed by atoms with van der Waals surface area (Å²) in [5.74, 6) is 1.94. The lowest BCUT2D eigenvalue weighted by molar-refractivity contribution is 0.0613. The van der Waals surface area contributed by atoms with Gasteiger partial charge in [-0.25, -0.2) is 14.8 Å². The second-order valence-corrected chi connectivity index (χ2v) is 6.94.